The third kappa shape index (κ3) is 3.92. The van der Waals surface area contributed by atoms with Crippen molar-refractivity contribution in [2.75, 3.05) is 5.32 Å². The predicted molar refractivity (Wildman–Crippen MR) is 87.7 cm³/mol. The largest absolute Gasteiger partial charge is 0.296 e. The molecule has 0 bridgehead atoms. The lowest BCUT2D eigenvalue weighted by atomic mass is 10.1. The van der Waals surface area contributed by atoms with E-state index in [0.29, 0.717) is 12.0 Å². The third-order valence-electron chi connectivity index (χ3n) is 2.96. The molecule has 0 radical (unpaired) electrons. The molecular weight excluding hydrogens is 339 g/mol. The van der Waals surface area contributed by atoms with E-state index in [0.717, 1.165) is 11.1 Å². The number of carbonyl (C=O) groups is 1. The van der Waals surface area contributed by atoms with E-state index >= 15 is 0 Å². The van der Waals surface area contributed by atoms with Gasteiger partial charge in [-0.3, -0.25) is 10.1 Å². The van der Waals surface area contributed by atoms with Gasteiger partial charge in [-0.15, -0.1) is 10.2 Å². The lowest BCUT2D eigenvalue weighted by molar-refractivity contribution is -0.112. The number of nitrogens with one attached hydrogen (secondary N) is 1. The second-order valence-electron chi connectivity index (χ2n) is 4.57. The number of anilines is 1. The first-order chi connectivity index (χ1) is 11.0. The molecule has 0 unspecified atom stereocenters. The van der Waals surface area contributed by atoms with Gasteiger partial charge in [0.1, 0.15) is 22.5 Å². The summed E-state index contributed by atoms with van der Waals surface area (Å²) in [7, 11) is 0. The zero-order valence-electron chi connectivity index (χ0n) is 12.4. The number of amides is 1. The number of nitrogens with zero attached hydrogens (tertiary/aromatic N) is 3. The Morgan fingerprint density at radius 3 is 2.87 bits per heavy atom. The van der Waals surface area contributed by atoms with Crippen LogP contribution in [0.1, 0.15) is 23.1 Å². The van der Waals surface area contributed by atoms with Crippen molar-refractivity contribution in [3.05, 3.63) is 44.7 Å². The van der Waals surface area contributed by atoms with Crippen LogP contribution < -0.4 is 5.32 Å². The Morgan fingerprint density at radius 1 is 1.52 bits per heavy atom. The molecule has 8 heteroatoms. The van der Waals surface area contributed by atoms with Crippen molar-refractivity contribution < 1.29 is 9.18 Å². The Kier molecular flexibility index (Phi) is 5.42. The minimum atomic E-state index is -0.691. The van der Waals surface area contributed by atoms with Gasteiger partial charge in [0.05, 0.1) is 5.02 Å². The van der Waals surface area contributed by atoms with Crippen LogP contribution >= 0.6 is 22.9 Å². The molecule has 0 spiro atoms. The summed E-state index contributed by atoms with van der Waals surface area (Å²) in [4.78, 5) is 12.1. The number of hydrogen-bond acceptors (Lipinski definition) is 5. The van der Waals surface area contributed by atoms with Crippen molar-refractivity contribution in [3.63, 3.8) is 0 Å². The van der Waals surface area contributed by atoms with Crippen molar-refractivity contribution in [2.45, 2.75) is 20.3 Å². The van der Waals surface area contributed by atoms with Crippen LogP contribution in [0.3, 0.4) is 0 Å². The fraction of sp³-hybridized carbons (Fsp3) is 0.200. The van der Waals surface area contributed by atoms with Gasteiger partial charge in [0.2, 0.25) is 5.13 Å². The molecule has 2 rings (SSSR count). The van der Waals surface area contributed by atoms with Crippen LogP contribution in [-0.4, -0.2) is 16.1 Å². The predicted octanol–water partition coefficient (Wildman–Crippen LogP) is 3.75. The summed E-state index contributed by atoms with van der Waals surface area (Å²) < 4.78 is 13.9. The minimum Gasteiger partial charge on any atom is -0.296 e. The standard InChI is InChI=1S/C15H12ClFN4OS/c1-3-12-20-21-15(23-12)19-14(22)9(7-18)6-10-11(17)5-4-8(2)13(10)16/h4-6H,3H2,1-2H3,(H,19,21,22)/b9-6+. The molecule has 1 aromatic carbocycles. The van der Waals surface area contributed by atoms with E-state index in [1.165, 1.54) is 23.5 Å². The van der Waals surface area contributed by atoms with E-state index < -0.39 is 11.7 Å². The maximum absolute atomic E-state index is 13.9. The molecule has 1 N–H and O–H groups in total. The highest BCUT2D eigenvalue weighted by Crippen LogP contribution is 2.26. The SMILES string of the molecule is CCc1nnc(NC(=O)/C(C#N)=C/c2c(F)ccc(C)c2Cl)s1. The number of halogens is 2. The molecule has 23 heavy (non-hydrogen) atoms. The Balaban J connectivity index is 2.30. The molecule has 5 nitrogen and oxygen atoms in total. The van der Waals surface area contributed by atoms with Crippen molar-refractivity contribution in [1.29, 1.82) is 5.26 Å². The Labute approximate surface area is 141 Å². The number of aryl methyl sites for hydroxylation is 2. The quantitative estimate of drug-likeness (QED) is 0.672. The van der Waals surface area contributed by atoms with E-state index in [9.17, 15) is 9.18 Å². The first kappa shape index (κ1) is 17.1. The zero-order chi connectivity index (χ0) is 17.0. The zero-order valence-corrected chi connectivity index (χ0v) is 13.9. The monoisotopic (exact) mass is 350 g/mol. The van der Waals surface area contributed by atoms with Crippen molar-refractivity contribution in [1.82, 2.24) is 10.2 Å². The maximum Gasteiger partial charge on any atom is 0.268 e. The lowest BCUT2D eigenvalue weighted by Crippen LogP contribution is -2.13. The van der Waals surface area contributed by atoms with Crippen LogP contribution in [0.5, 0.6) is 0 Å². The van der Waals surface area contributed by atoms with Crippen molar-refractivity contribution in [2.24, 2.45) is 0 Å². The molecule has 0 aliphatic heterocycles. The van der Waals surface area contributed by atoms with Gasteiger partial charge in [-0.1, -0.05) is 35.9 Å². The summed E-state index contributed by atoms with van der Waals surface area (Å²) in [6.45, 7) is 3.62. The highest BCUT2D eigenvalue weighted by molar-refractivity contribution is 7.15. The molecule has 0 saturated carbocycles. The van der Waals surface area contributed by atoms with Gasteiger partial charge in [-0.25, -0.2) is 4.39 Å². The fourth-order valence-corrected chi connectivity index (χ4v) is 2.60. The van der Waals surface area contributed by atoms with Gasteiger partial charge in [0.15, 0.2) is 0 Å². The molecule has 0 aliphatic rings. The van der Waals surface area contributed by atoms with Crippen LogP contribution in [0.4, 0.5) is 9.52 Å². The topological polar surface area (TPSA) is 78.7 Å². The van der Waals surface area contributed by atoms with Crippen LogP contribution in [-0.2, 0) is 11.2 Å². The van der Waals surface area contributed by atoms with Crippen LogP contribution in [0.15, 0.2) is 17.7 Å². The Bertz CT molecular complexity index is 825. The Hall–Kier alpha value is -2.30. The first-order valence-electron chi connectivity index (χ1n) is 6.66. The van der Waals surface area contributed by atoms with Crippen molar-refractivity contribution >= 4 is 40.1 Å². The number of nitriles is 1. The van der Waals surface area contributed by atoms with Gasteiger partial charge in [0.25, 0.3) is 5.91 Å². The molecule has 0 fully saturated rings. The summed E-state index contributed by atoms with van der Waals surface area (Å²) >= 11 is 7.25. The summed E-state index contributed by atoms with van der Waals surface area (Å²) in [5.74, 6) is -1.30. The second-order valence-corrected chi connectivity index (χ2v) is 6.01. The van der Waals surface area contributed by atoms with E-state index in [1.54, 1.807) is 13.0 Å². The van der Waals surface area contributed by atoms with Crippen molar-refractivity contribution in [3.8, 4) is 6.07 Å². The average molecular weight is 351 g/mol. The average Bonchev–Trinajstić information content (AvgIpc) is 2.99. The molecule has 0 aliphatic carbocycles. The lowest BCUT2D eigenvalue weighted by Gasteiger charge is -2.05. The molecular formula is C15H12ClFN4OS. The van der Waals surface area contributed by atoms with Gasteiger partial charge in [-0.05, 0) is 31.1 Å². The number of benzene rings is 1. The molecule has 1 heterocycles. The molecule has 2 aromatic rings. The Morgan fingerprint density at radius 2 is 2.26 bits per heavy atom. The van der Waals surface area contributed by atoms with E-state index in [2.05, 4.69) is 15.5 Å². The number of aromatic nitrogens is 2. The number of carbonyl (C=O) groups excluding carboxylic acids is 1. The highest BCUT2D eigenvalue weighted by Gasteiger charge is 2.15. The number of hydrogen-bond donors (Lipinski definition) is 1. The van der Waals surface area contributed by atoms with E-state index in [1.807, 2.05) is 6.92 Å². The summed E-state index contributed by atoms with van der Waals surface area (Å²) in [6.07, 6.45) is 1.82. The fourth-order valence-electron chi connectivity index (χ4n) is 1.72. The molecule has 118 valence electrons. The highest BCUT2D eigenvalue weighted by atomic mass is 35.5. The minimum absolute atomic E-state index is 0.00452. The second kappa shape index (κ2) is 7.31. The summed E-state index contributed by atoms with van der Waals surface area (Å²) in [5.41, 5.74) is 0.378. The van der Waals surface area contributed by atoms with Gasteiger partial charge in [-0.2, -0.15) is 5.26 Å². The van der Waals surface area contributed by atoms with Gasteiger partial charge < -0.3 is 0 Å². The molecule has 0 saturated heterocycles. The molecule has 0 atom stereocenters. The van der Waals surface area contributed by atoms with Crippen LogP contribution in [0.25, 0.3) is 6.08 Å². The first-order valence-corrected chi connectivity index (χ1v) is 7.85. The van der Waals surface area contributed by atoms with Gasteiger partial charge >= 0.3 is 0 Å². The smallest absolute Gasteiger partial charge is 0.268 e. The van der Waals surface area contributed by atoms with Crippen LogP contribution in [0, 0.1) is 24.1 Å². The summed E-state index contributed by atoms with van der Waals surface area (Å²) in [5, 5.41) is 20.5. The molecule has 1 aromatic heterocycles. The normalized spacial score (nSPS) is 11.2. The van der Waals surface area contributed by atoms with Gasteiger partial charge in [0, 0.05) is 5.56 Å². The van der Waals surface area contributed by atoms with E-state index in [4.69, 9.17) is 16.9 Å². The summed E-state index contributed by atoms with van der Waals surface area (Å²) in [6, 6.07) is 4.50. The van der Waals surface area contributed by atoms with Crippen LogP contribution in [0.2, 0.25) is 5.02 Å². The third-order valence-corrected chi connectivity index (χ3v) is 4.45. The molecule has 1 amide bonds. The maximum atomic E-state index is 13.9. The number of rotatable bonds is 4. The van der Waals surface area contributed by atoms with E-state index in [-0.39, 0.29) is 21.3 Å².